The number of nitrogens with zero attached hydrogens (tertiary/aromatic N) is 3. The van der Waals surface area contributed by atoms with Gasteiger partial charge in [0.1, 0.15) is 5.75 Å². The Kier molecular flexibility index (Phi) is 6.11. The van der Waals surface area contributed by atoms with Gasteiger partial charge in [0.25, 0.3) is 5.91 Å². The third kappa shape index (κ3) is 4.46. The van der Waals surface area contributed by atoms with Gasteiger partial charge < -0.3 is 14.5 Å². The second-order valence-corrected chi connectivity index (χ2v) is 8.81. The van der Waals surface area contributed by atoms with E-state index in [1.807, 2.05) is 36.1 Å². The van der Waals surface area contributed by atoms with Crippen LogP contribution in [-0.4, -0.2) is 79.1 Å². The quantitative estimate of drug-likeness (QED) is 0.813. The van der Waals surface area contributed by atoms with Crippen molar-refractivity contribution in [3.63, 3.8) is 0 Å². The maximum Gasteiger partial charge on any atom is 0.263 e. The third-order valence-corrected chi connectivity index (χ3v) is 6.30. The van der Waals surface area contributed by atoms with Gasteiger partial charge in [-0.2, -0.15) is 0 Å². The molecule has 0 radical (unpaired) electrons. The van der Waals surface area contributed by atoms with Gasteiger partial charge in [0.05, 0.1) is 0 Å². The summed E-state index contributed by atoms with van der Waals surface area (Å²) in [5, 5.41) is 0. The summed E-state index contributed by atoms with van der Waals surface area (Å²) in [6, 6.07) is 7.96. The van der Waals surface area contributed by atoms with E-state index < -0.39 is 6.10 Å². The summed E-state index contributed by atoms with van der Waals surface area (Å²) in [5.41, 5.74) is 1.36. The summed E-state index contributed by atoms with van der Waals surface area (Å²) in [4.78, 5) is 20.2. The fourth-order valence-corrected chi connectivity index (χ4v) is 4.43. The third-order valence-electron chi connectivity index (χ3n) is 6.30. The van der Waals surface area contributed by atoms with E-state index in [4.69, 9.17) is 4.74 Å². The van der Waals surface area contributed by atoms with E-state index in [-0.39, 0.29) is 17.4 Å². The molecule has 1 atom stereocenters. The van der Waals surface area contributed by atoms with Gasteiger partial charge in [0.2, 0.25) is 0 Å². The van der Waals surface area contributed by atoms with E-state index in [0.29, 0.717) is 0 Å². The molecule has 0 aromatic heterocycles. The van der Waals surface area contributed by atoms with Crippen LogP contribution in [0.2, 0.25) is 0 Å². The zero-order chi connectivity index (χ0) is 19.6. The zero-order valence-electron chi connectivity index (χ0n) is 17.6. The van der Waals surface area contributed by atoms with Crippen molar-refractivity contribution in [1.29, 1.82) is 0 Å². The Hall–Kier alpha value is -1.59. The number of ether oxygens (including phenoxy) is 1. The molecular weight excluding hydrogens is 338 g/mol. The second-order valence-electron chi connectivity index (χ2n) is 8.81. The van der Waals surface area contributed by atoms with E-state index in [2.05, 4.69) is 37.7 Å². The lowest BCUT2D eigenvalue weighted by Crippen LogP contribution is -2.64. The molecule has 2 fully saturated rings. The number of benzene rings is 1. The zero-order valence-corrected chi connectivity index (χ0v) is 17.6. The molecule has 2 heterocycles. The van der Waals surface area contributed by atoms with Gasteiger partial charge in [-0.25, -0.2) is 0 Å². The van der Waals surface area contributed by atoms with Crippen molar-refractivity contribution in [1.82, 2.24) is 14.7 Å². The van der Waals surface area contributed by atoms with Gasteiger partial charge in [-0.15, -0.1) is 0 Å². The van der Waals surface area contributed by atoms with Crippen LogP contribution in [0.15, 0.2) is 24.3 Å². The molecule has 3 rings (SSSR count). The van der Waals surface area contributed by atoms with Gasteiger partial charge in [-0.05, 0) is 57.5 Å². The molecule has 2 aliphatic heterocycles. The lowest BCUT2D eigenvalue weighted by atomic mass is 9.83. The molecule has 0 saturated carbocycles. The number of likely N-dealkylation sites (tertiary alicyclic amines) is 1. The summed E-state index contributed by atoms with van der Waals surface area (Å²) in [6.45, 7) is 11.1. The van der Waals surface area contributed by atoms with Gasteiger partial charge in [0.15, 0.2) is 6.10 Å². The molecule has 1 spiro atoms. The molecule has 2 aliphatic rings. The monoisotopic (exact) mass is 373 g/mol. The van der Waals surface area contributed by atoms with Crippen LogP contribution in [0.4, 0.5) is 0 Å². The maximum atomic E-state index is 13.2. The highest BCUT2D eigenvalue weighted by atomic mass is 16.5. The minimum absolute atomic E-state index is 0.133. The lowest BCUT2D eigenvalue weighted by molar-refractivity contribution is -0.144. The highest BCUT2D eigenvalue weighted by Crippen LogP contribution is 2.32. The predicted molar refractivity (Wildman–Crippen MR) is 109 cm³/mol. The topological polar surface area (TPSA) is 36.0 Å². The Labute approximate surface area is 164 Å². The highest BCUT2D eigenvalue weighted by Gasteiger charge is 2.43. The standard InChI is InChI=1S/C22H35N3O2/c1-17(2)20(27-19-8-6-7-18(3)15-19)21(26)25-11-9-22(10-12-25)16-23(4)13-14-24(22)5/h6-8,15,17,20H,9-14,16H2,1-5H3/t20-/m0/s1. The second kappa shape index (κ2) is 8.19. The molecular formula is C22H35N3O2. The van der Waals surface area contributed by atoms with Crippen molar-refractivity contribution in [2.24, 2.45) is 5.92 Å². The number of carbonyl (C=O) groups is 1. The van der Waals surface area contributed by atoms with Crippen molar-refractivity contribution in [2.75, 3.05) is 46.8 Å². The molecule has 150 valence electrons. The Balaban J connectivity index is 1.65. The van der Waals surface area contributed by atoms with Crippen LogP contribution >= 0.6 is 0 Å². The Morgan fingerprint density at radius 3 is 2.44 bits per heavy atom. The SMILES string of the molecule is Cc1cccc(O[C@H](C(=O)N2CCC3(CC2)CN(C)CCN3C)C(C)C)c1. The summed E-state index contributed by atoms with van der Waals surface area (Å²) < 4.78 is 6.14. The largest absolute Gasteiger partial charge is 0.480 e. The first-order chi connectivity index (χ1) is 12.8. The molecule has 2 saturated heterocycles. The summed E-state index contributed by atoms with van der Waals surface area (Å²) >= 11 is 0. The Bertz CT molecular complexity index is 653. The van der Waals surface area contributed by atoms with Crippen molar-refractivity contribution in [3.8, 4) is 5.75 Å². The predicted octanol–water partition coefficient (Wildman–Crippen LogP) is 2.64. The molecule has 1 aromatic rings. The van der Waals surface area contributed by atoms with Gasteiger partial charge in [-0.1, -0.05) is 26.0 Å². The molecule has 27 heavy (non-hydrogen) atoms. The molecule has 0 unspecified atom stereocenters. The minimum Gasteiger partial charge on any atom is -0.480 e. The van der Waals surface area contributed by atoms with Crippen LogP contribution in [0, 0.1) is 12.8 Å². The molecule has 0 bridgehead atoms. The number of hydrogen-bond donors (Lipinski definition) is 0. The minimum atomic E-state index is -0.424. The van der Waals surface area contributed by atoms with E-state index in [1.54, 1.807) is 0 Å². The van der Waals surface area contributed by atoms with E-state index in [9.17, 15) is 4.79 Å². The van der Waals surface area contributed by atoms with Crippen LogP contribution in [-0.2, 0) is 4.79 Å². The average Bonchev–Trinajstić information content (AvgIpc) is 2.63. The summed E-state index contributed by atoms with van der Waals surface area (Å²) in [6.07, 6.45) is 1.65. The van der Waals surface area contributed by atoms with Gasteiger partial charge in [0, 0.05) is 38.3 Å². The molecule has 1 aromatic carbocycles. The first kappa shape index (κ1) is 20.2. The molecule has 0 N–H and O–H groups in total. The molecule has 5 heteroatoms. The fraction of sp³-hybridized carbons (Fsp3) is 0.682. The summed E-state index contributed by atoms with van der Waals surface area (Å²) in [5.74, 6) is 1.05. The van der Waals surface area contributed by atoms with E-state index in [1.165, 1.54) is 0 Å². The number of carbonyl (C=O) groups excluding carboxylic acids is 1. The van der Waals surface area contributed by atoms with Gasteiger partial charge in [-0.3, -0.25) is 9.69 Å². The molecule has 0 aliphatic carbocycles. The van der Waals surface area contributed by atoms with Crippen LogP contribution < -0.4 is 4.74 Å². The van der Waals surface area contributed by atoms with Crippen molar-refractivity contribution in [2.45, 2.75) is 45.3 Å². The highest BCUT2D eigenvalue weighted by molar-refractivity contribution is 5.81. The lowest BCUT2D eigenvalue weighted by Gasteiger charge is -2.52. The first-order valence-electron chi connectivity index (χ1n) is 10.2. The van der Waals surface area contributed by atoms with Crippen LogP contribution in [0.5, 0.6) is 5.75 Å². The smallest absolute Gasteiger partial charge is 0.263 e. The van der Waals surface area contributed by atoms with Crippen molar-refractivity contribution >= 4 is 5.91 Å². The van der Waals surface area contributed by atoms with Crippen LogP contribution in [0.3, 0.4) is 0 Å². The average molecular weight is 374 g/mol. The van der Waals surface area contributed by atoms with Crippen LogP contribution in [0.1, 0.15) is 32.3 Å². The first-order valence-corrected chi connectivity index (χ1v) is 10.2. The van der Waals surface area contributed by atoms with E-state index >= 15 is 0 Å². The number of hydrogen-bond acceptors (Lipinski definition) is 4. The van der Waals surface area contributed by atoms with Gasteiger partial charge >= 0.3 is 0 Å². The Morgan fingerprint density at radius 1 is 1.11 bits per heavy atom. The number of amides is 1. The molecule has 5 nitrogen and oxygen atoms in total. The van der Waals surface area contributed by atoms with E-state index in [0.717, 1.165) is 56.9 Å². The fourth-order valence-electron chi connectivity index (χ4n) is 4.43. The van der Waals surface area contributed by atoms with Crippen LogP contribution in [0.25, 0.3) is 0 Å². The number of aryl methyl sites for hydroxylation is 1. The van der Waals surface area contributed by atoms with Crippen molar-refractivity contribution < 1.29 is 9.53 Å². The number of rotatable bonds is 4. The normalized spacial score (nSPS) is 22.2. The number of piperazine rings is 1. The maximum absolute atomic E-state index is 13.2. The number of piperidine rings is 1. The number of likely N-dealkylation sites (N-methyl/N-ethyl adjacent to an activating group) is 2. The summed E-state index contributed by atoms with van der Waals surface area (Å²) in [7, 11) is 4.44. The Morgan fingerprint density at radius 2 is 1.81 bits per heavy atom. The molecule has 1 amide bonds. The van der Waals surface area contributed by atoms with Crippen molar-refractivity contribution in [3.05, 3.63) is 29.8 Å².